The second kappa shape index (κ2) is 6.47. The van der Waals surface area contributed by atoms with Gasteiger partial charge in [-0.3, -0.25) is 14.3 Å². The Labute approximate surface area is 132 Å². The number of carbonyl (C=O) groups is 2. The van der Waals surface area contributed by atoms with Gasteiger partial charge in [-0.05, 0) is 20.8 Å². The van der Waals surface area contributed by atoms with Crippen LogP contribution in [0.5, 0.6) is 5.75 Å². The maximum atomic E-state index is 11.9. The number of aliphatic carboxylic acids is 1. The van der Waals surface area contributed by atoms with Crippen LogP contribution < -0.4 is 5.32 Å². The highest BCUT2D eigenvalue weighted by molar-refractivity contribution is 5.97. The first kappa shape index (κ1) is 16.5. The lowest BCUT2D eigenvalue weighted by Gasteiger charge is -2.10. The number of hydrogen-bond donors (Lipinski definition) is 3. The molecule has 0 saturated heterocycles. The van der Waals surface area contributed by atoms with Crippen molar-refractivity contribution in [1.29, 1.82) is 0 Å². The molecule has 0 aliphatic carbocycles. The molecule has 23 heavy (non-hydrogen) atoms. The molecule has 0 aliphatic rings. The van der Waals surface area contributed by atoms with Gasteiger partial charge in [0.15, 0.2) is 5.69 Å². The zero-order valence-electron chi connectivity index (χ0n) is 13.1. The Morgan fingerprint density at radius 3 is 2.61 bits per heavy atom. The number of hydrogen-bond acceptors (Lipinski definition) is 5. The summed E-state index contributed by atoms with van der Waals surface area (Å²) in [4.78, 5) is 26.3. The first-order chi connectivity index (χ1) is 10.8. The van der Waals surface area contributed by atoms with Crippen molar-refractivity contribution >= 4 is 11.9 Å². The van der Waals surface area contributed by atoms with Gasteiger partial charge in [0, 0.05) is 35.1 Å². The minimum Gasteiger partial charge on any atom is -0.505 e. The molecule has 0 atom stereocenters. The third-order valence-corrected chi connectivity index (χ3v) is 3.36. The van der Waals surface area contributed by atoms with Crippen LogP contribution in [0.1, 0.15) is 35.9 Å². The van der Waals surface area contributed by atoms with Crippen LogP contribution in [0.2, 0.25) is 0 Å². The van der Waals surface area contributed by atoms with Gasteiger partial charge in [-0.2, -0.15) is 5.10 Å². The summed E-state index contributed by atoms with van der Waals surface area (Å²) in [6.07, 6.45) is 4.96. The van der Waals surface area contributed by atoms with E-state index in [2.05, 4.69) is 15.4 Å². The van der Waals surface area contributed by atoms with Crippen LogP contribution >= 0.6 is 0 Å². The van der Waals surface area contributed by atoms with Crippen LogP contribution in [0.25, 0.3) is 11.1 Å². The molecule has 122 valence electrons. The van der Waals surface area contributed by atoms with E-state index in [4.69, 9.17) is 5.11 Å². The highest BCUT2D eigenvalue weighted by Crippen LogP contribution is 2.30. The molecule has 8 heteroatoms. The lowest BCUT2D eigenvalue weighted by molar-refractivity contribution is -0.135. The molecular weight excluding hydrogens is 300 g/mol. The summed E-state index contributed by atoms with van der Waals surface area (Å²) < 4.78 is 1.78. The first-order valence-corrected chi connectivity index (χ1v) is 7.04. The van der Waals surface area contributed by atoms with Crippen molar-refractivity contribution in [1.82, 2.24) is 20.1 Å². The van der Waals surface area contributed by atoms with Crippen LogP contribution in [0.15, 0.2) is 18.6 Å². The highest BCUT2D eigenvalue weighted by atomic mass is 16.4. The summed E-state index contributed by atoms with van der Waals surface area (Å²) in [6.45, 7) is 5.11. The van der Waals surface area contributed by atoms with E-state index >= 15 is 0 Å². The smallest absolute Gasteiger partial charge is 0.322 e. The van der Waals surface area contributed by atoms with Crippen molar-refractivity contribution in [2.75, 3.05) is 6.54 Å². The predicted octanol–water partition coefficient (Wildman–Crippen LogP) is 1.35. The van der Waals surface area contributed by atoms with Gasteiger partial charge in [0.25, 0.3) is 5.91 Å². The number of amides is 1. The second-order valence-electron chi connectivity index (χ2n) is 5.37. The van der Waals surface area contributed by atoms with Gasteiger partial charge in [-0.15, -0.1) is 0 Å². The largest absolute Gasteiger partial charge is 0.505 e. The van der Waals surface area contributed by atoms with Gasteiger partial charge >= 0.3 is 5.97 Å². The molecule has 0 aromatic carbocycles. The number of carbonyl (C=O) groups excluding carboxylic acids is 1. The number of aromatic nitrogens is 3. The van der Waals surface area contributed by atoms with Gasteiger partial charge in [0.05, 0.1) is 6.20 Å². The molecule has 1 amide bonds. The van der Waals surface area contributed by atoms with E-state index in [0.717, 1.165) is 5.56 Å². The van der Waals surface area contributed by atoms with Crippen LogP contribution in [-0.4, -0.2) is 43.4 Å². The number of carboxylic acids is 1. The number of nitrogens with zero attached hydrogens (tertiary/aromatic N) is 3. The minimum atomic E-state index is -1.17. The first-order valence-electron chi connectivity index (χ1n) is 7.04. The molecule has 0 saturated carbocycles. The molecule has 0 unspecified atom stereocenters. The van der Waals surface area contributed by atoms with Crippen LogP contribution in [0.3, 0.4) is 0 Å². The Kier molecular flexibility index (Phi) is 4.63. The van der Waals surface area contributed by atoms with Gasteiger partial charge in [0.2, 0.25) is 0 Å². The average Bonchev–Trinajstić information content (AvgIpc) is 2.97. The molecule has 0 radical (unpaired) electrons. The molecule has 2 aromatic heterocycles. The molecule has 0 spiro atoms. The van der Waals surface area contributed by atoms with Gasteiger partial charge in [-0.25, -0.2) is 4.98 Å². The zero-order chi connectivity index (χ0) is 17.1. The fraction of sp³-hybridized carbons (Fsp3) is 0.333. The van der Waals surface area contributed by atoms with Gasteiger partial charge in [0.1, 0.15) is 12.3 Å². The van der Waals surface area contributed by atoms with E-state index in [-0.39, 0.29) is 17.5 Å². The van der Waals surface area contributed by atoms with E-state index in [1.54, 1.807) is 17.8 Å². The van der Waals surface area contributed by atoms with Crippen LogP contribution in [0.4, 0.5) is 0 Å². The van der Waals surface area contributed by atoms with E-state index < -0.39 is 18.4 Å². The van der Waals surface area contributed by atoms with Crippen molar-refractivity contribution in [3.8, 4) is 16.9 Å². The highest BCUT2D eigenvalue weighted by Gasteiger charge is 2.19. The van der Waals surface area contributed by atoms with Crippen molar-refractivity contribution in [3.63, 3.8) is 0 Å². The monoisotopic (exact) mass is 318 g/mol. The quantitative estimate of drug-likeness (QED) is 0.766. The molecule has 0 fully saturated rings. The molecule has 8 nitrogen and oxygen atoms in total. The number of rotatable bonds is 5. The Hall–Kier alpha value is -2.90. The number of nitrogens with one attached hydrogen (secondary N) is 1. The minimum absolute atomic E-state index is 0.201. The molecule has 2 rings (SSSR count). The summed E-state index contributed by atoms with van der Waals surface area (Å²) in [5.41, 5.74) is 1.70. The Balaban J connectivity index is 2.33. The fourth-order valence-electron chi connectivity index (χ4n) is 2.05. The molecular formula is C15H18N4O4. The molecule has 0 bridgehead atoms. The fourth-order valence-corrected chi connectivity index (χ4v) is 2.05. The van der Waals surface area contributed by atoms with Crippen molar-refractivity contribution in [2.45, 2.75) is 26.8 Å². The summed E-state index contributed by atoms with van der Waals surface area (Å²) >= 11 is 0. The third-order valence-electron chi connectivity index (χ3n) is 3.36. The standard InChI is InChI=1S/C15H18N4O4/c1-8(2)19-7-10(4-18-19)11-5-16-13(14(22)9(11)3)15(23)17-6-12(20)21/h4-5,7-8,22H,6H2,1-3H3,(H,17,23)(H,20,21). The Morgan fingerprint density at radius 2 is 2.04 bits per heavy atom. The van der Waals surface area contributed by atoms with E-state index in [9.17, 15) is 14.7 Å². The molecule has 0 aliphatic heterocycles. The number of aromatic hydroxyl groups is 1. The van der Waals surface area contributed by atoms with E-state index in [1.165, 1.54) is 6.20 Å². The zero-order valence-corrected chi connectivity index (χ0v) is 13.1. The van der Waals surface area contributed by atoms with E-state index in [1.807, 2.05) is 20.0 Å². The van der Waals surface area contributed by atoms with Crippen molar-refractivity contribution in [3.05, 3.63) is 29.8 Å². The van der Waals surface area contributed by atoms with E-state index in [0.29, 0.717) is 11.1 Å². The predicted molar refractivity (Wildman–Crippen MR) is 82.2 cm³/mol. The maximum Gasteiger partial charge on any atom is 0.322 e. The van der Waals surface area contributed by atoms with Crippen LogP contribution in [0, 0.1) is 6.92 Å². The SMILES string of the molecule is Cc1c(-c2cnn(C(C)C)c2)cnc(C(=O)NCC(=O)O)c1O. The maximum absolute atomic E-state index is 11.9. The summed E-state index contributed by atoms with van der Waals surface area (Å²) in [6, 6.07) is 0.201. The Bertz CT molecular complexity index is 752. The van der Waals surface area contributed by atoms with Crippen molar-refractivity contribution in [2.24, 2.45) is 0 Å². The lowest BCUT2D eigenvalue weighted by Crippen LogP contribution is -2.30. The normalized spacial score (nSPS) is 10.8. The lowest BCUT2D eigenvalue weighted by atomic mass is 10.0. The summed E-state index contributed by atoms with van der Waals surface area (Å²) in [7, 11) is 0. The average molecular weight is 318 g/mol. The Morgan fingerprint density at radius 1 is 1.35 bits per heavy atom. The number of pyridine rings is 1. The third kappa shape index (κ3) is 3.47. The topological polar surface area (TPSA) is 117 Å². The second-order valence-corrected chi connectivity index (χ2v) is 5.37. The molecule has 3 N–H and O–H groups in total. The van der Waals surface area contributed by atoms with Gasteiger partial charge < -0.3 is 15.5 Å². The molecule has 2 heterocycles. The van der Waals surface area contributed by atoms with Crippen LogP contribution in [-0.2, 0) is 4.79 Å². The summed E-state index contributed by atoms with van der Waals surface area (Å²) in [5, 5.41) is 25.2. The number of carboxylic acid groups (broad SMARTS) is 1. The summed E-state index contributed by atoms with van der Waals surface area (Å²) in [5.74, 6) is -2.19. The molecule has 2 aromatic rings. The van der Waals surface area contributed by atoms with Gasteiger partial charge in [-0.1, -0.05) is 0 Å². The van der Waals surface area contributed by atoms with Crippen molar-refractivity contribution < 1.29 is 19.8 Å².